The van der Waals surface area contributed by atoms with E-state index in [-0.39, 0.29) is 6.61 Å². The van der Waals surface area contributed by atoms with Gasteiger partial charge in [-0.05, 0) is 12.0 Å². The van der Waals surface area contributed by atoms with Gasteiger partial charge in [0.05, 0.1) is 19.8 Å². The van der Waals surface area contributed by atoms with Gasteiger partial charge >= 0.3 is 8.60 Å². The predicted molar refractivity (Wildman–Crippen MR) is 133 cm³/mol. The van der Waals surface area contributed by atoms with Gasteiger partial charge in [0.2, 0.25) is 0 Å². The van der Waals surface area contributed by atoms with Crippen molar-refractivity contribution in [3.63, 3.8) is 0 Å². The molecule has 0 aliphatic rings. The van der Waals surface area contributed by atoms with E-state index in [1.54, 1.807) is 0 Å². The topological polar surface area (TPSA) is 68.2 Å². The molecular formula is C26H47O5P. The molecule has 0 heterocycles. The SMILES string of the molecule is CCCCCCCCCCCCCCCCOC[C@H](COCc1ccccc1)OP(O)O. The predicted octanol–water partition coefficient (Wildman–Crippen LogP) is 7.30. The van der Waals surface area contributed by atoms with Gasteiger partial charge in [0.25, 0.3) is 0 Å². The number of ether oxygens (including phenoxy) is 2. The zero-order chi connectivity index (χ0) is 23.1. The molecule has 0 saturated heterocycles. The van der Waals surface area contributed by atoms with Crippen molar-refractivity contribution in [1.82, 2.24) is 0 Å². The van der Waals surface area contributed by atoms with Crippen molar-refractivity contribution in [3.05, 3.63) is 35.9 Å². The van der Waals surface area contributed by atoms with Crippen LogP contribution >= 0.6 is 8.60 Å². The Bertz CT molecular complexity index is 500. The van der Waals surface area contributed by atoms with Gasteiger partial charge in [0.1, 0.15) is 6.10 Å². The molecule has 0 spiro atoms. The van der Waals surface area contributed by atoms with Crippen LogP contribution in [0.3, 0.4) is 0 Å². The smallest absolute Gasteiger partial charge is 0.327 e. The number of hydrogen-bond donors (Lipinski definition) is 2. The van der Waals surface area contributed by atoms with Gasteiger partial charge in [-0.2, -0.15) is 0 Å². The molecule has 0 aliphatic carbocycles. The molecule has 32 heavy (non-hydrogen) atoms. The summed E-state index contributed by atoms with van der Waals surface area (Å²) < 4.78 is 16.5. The second-order valence-corrected chi connectivity index (χ2v) is 9.37. The monoisotopic (exact) mass is 470 g/mol. The highest BCUT2D eigenvalue weighted by Crippen LogP contribution is 2.27. The molecule has 0 bridgehead atoms. The maximum atomic E-state index is 9.16. The Labute approximate surface area is 197 Å². The molecule has 0 radical (unpaired) electrons. The van der Waals surface area contributed by atoms with Crippen LogP contribution in [0.1, 0.15) is 102 Å². The van der Waals surface area contributed by atoms with Crippen molar-refractivity contribution in [2.75, 3.05) is 19.8 Å². The van der Waals surface area contributed by atoms with Crippen LogP contribution in [-0.2, 0) is 20.6 Å². The third-order valence-corrected chi connectivity index (χ3v) is 6.09. The van der Waals surface area contributed by atoms with Gasteiger partial charge < -0.3 is 23.8 Å². The van der Waals surface area contributed by atoms with Crippen LogP contribution < -0.4 is 0 Å². The molecule has 1 atom stereocenters. The van der Waals surface area contributed by atoms with Gasteiger partial charge in [0.15, 0.2) is 0 Å². The Hall–Kier alpha value is -0.550. The molecule has 0 aliphatic heterocycles. The van der Waals surface area contributed by atoms with E-state index < -0.39 is 14.7 Å². The lowest BCUT2D eigenvalue weighted by Crippen LogP contribution is -2.24. The van der Waals surface area contributed by atoms with Crippen LogP contribution in [0.4, 0.5) is 0 Å². The third-order valence-electron chi connectivity index (χ3n) is 5.60. The van der Waals surface area contributed by atoms with Crippen molar-refractivity contribution in [2.24, 2.45) is 0 Å². The maximum absolute atomic E-state index is 9.16. The summed E-state index contributed by atoms with van der Waals surface area (Å²) in [5, 5.41) is 0. The van der Waals surface area contributed by atoms with Gasteiger partial charge in [0, 0.05) is 6.61 Å². The van der Waals surface area contributed by atoms with Crippen molar-refractivity contribution >= 4 is 8.60 Å². The Morgan fingerprint density at radius 3 is 1.72 bits per heavy atom. The first-order chi connectivity index (χ1) is 15.7. The summed E-state index contributed by atoms with van der Waals surface area (Å²) in [6.45, 7) is 3.99. The number of rotatable bonds is 23. The summed E-state index contributed by atoms with van der Waals surface area (Å²) in [5.74, 6) is 0. The summed E-state index contributed by atoms with van der Waals surface area (Å²) in [7, 11) is -2.42. The molecule has 1 aromatic rings. The fourth-order valence-electron chi connectivity index (χ4n) is 3.74. The summed E-state index contributed by atoms with van der Waals surface area (Å²) in [6, 6.07) is 9.88. The minimum atomic E-state index is -2.42. The van der Waals surface area contributed by atoms with Crippen LogP contribution in [0, 0.1) is 0 Å². The highest BCUT2D eigenvalue weighted by Gasteiger charge is 2.15. The van der Waals surface area contributed by atoms with Crippen LogP contribution in [0.15, 0.2) is 30.3 Å². The lowest BCUT2D eigenvalue weighted by molar-refractivity contribution is -0.0161. The zero-order valence-electron chi connectivity index (χ0n) is 20.3. The van der Waals surface area contributed by atoms with Crippen LogP contribution in [0.25, 0.3) is 0 Å². The van der Waals surface area contributed by atoms with E-state index in [0.29, 0.717) is 19.8 Å². The first kappa shape index (κ1) is 29.5. The molecule has 0 unspecified atom stereocenters. The first-order valence-electron chi connectivity index (χ1n) is 12.8. The van der Waals surface area contributed by atoms with Gasteiger partial charge in [-0.3, -0.25) is 0 Å². The molecular weight excluding hydrogens is 423 g/mol. The molecule has 1 rings (SSSR count). The Balaban J connectivity index is 1.91. The molecule has 0 fully saturated rings. The lowest BCUT2D eigenvalue weighted by atomic mass is 10.0. The fourth-order valence-corrected chi connectivity index (χ4v) is 4.13. The van der Waals surface area contributed by atoms with Gasteiger partial charge in [-0.1, -0.05) is 121 Å². The molecule has 0 aromatic heterocycles. The number of benzene rings is 1. The van der Waals surface area contributed by atoms with Crippen LogP contribution in [0.5, 0.6) is 0 Å². The van der Waals surface area contributed by atoms with Crippen molar-refractivity contribution < 1.29 is 23.8 Å². The summed E-state index contributed by atoms with van der Waals surface area (Å²) in [5.41, 5.74) is 1.07. The van der Waals surface area contributed by atoms with Crippen molar-refractivity contribution in [2.45, 2.75) is 110 Å². The van der Waals surface area contributed by atoms with Crippen molar-refractivity contribution in [3.8, 4) is 0 Å². The highest BCUT2D eigenvalue weighted by atomic mass is 31.2. The average molecular weight is 471 g/mol. The van der Waals surface area contributed by atoms with E-state index in [1.165, 1.54) is 83.5 Å². The second-order valence-electron chi connectivity index (χ2n) is 8.65. The lowest BCUT2D eigenvalue weighted by Gasteiger charge is -2.18. The van der Waals surface area contributed by atoms with E-state index >= 15 is 0 Å². The Morgan fingerprint density at radius 1 is 0.688 bits per heavy atom. The molecule has 0 saturated carbocycles. The van der Waals surface area contributed by atoms with E-state index in [1.807, 2.05) is 30.3 Å². The summed E-state index contributed by atoms with van der Waals surface area (Å²) in [4.78, 5) is 18.3. The highest BCUT2D eigenvalue weighted by molar-refractivity contribution is 7.39. The minimum absolute atomic E-state index is 0.271. The number of unbranched alkanes of at least 4 members (excludes halogenated alkanes) is 13. The van der Waals surface area contributed by atoms with E-state index in [2.05, 4.69) is 6.92 Å². The quantitative estimate of drug-likeness (QED) is 0.130. The fraction of sp³-hybridized carbons (Fsp3) is 0.769. The standard InChI is InChI=1S/C26H47O5P/c1-2-3-4-5-6-7-8-9-10-11-12-13-14-18-21-29-23-26(31-32(27)28)24-30-22-25-19-16-15-17-20-25/h15-17,19-20,26-28H,2-14,18,21-24H2,1H3/t26-/m1/s1. The first-order valence-corrected chi connectivity index (χ1v) is 13.9. The minimum Gasteiger partial charge on any atom is -0.379 e. The Morgan fingerprint density at radius 2 is 1.19 bits per heavy atom. The molecule has 5 nitrogen and oxygen atoms in total. The molecule has 186 valence electrons. The van der Waals surface area contributed by atoms with Crippen LogP contribution in [0.2, 0.25) is 0 Å². The van der Waals surface area contributed by atoms with Crippen LogP contribution in [-0.4, -0.2) is 35.7 Å². The Kier molecular flexibility index (Phi) is 20.5. The van der Waals surface area contributed by atoms with E-state index in [4.69, 9.17) is 23.8 Å². The number of hydrogen-bond acceptors (Lipinski definition) is 5. The largest absolute Gasteiger partial charge is 0.379 e. The molecule has 1 aromatic carbocycles. The summed E-state index contributed by atoms with van der Waals surface area (Å²) in [6.07, 6.45) is 18.2. The average Bonchev–Trinajstić information content (AvgIpc) is 2.79. The van der Waals surface area contributed by atoms with Gasteiger partial charge in [-0.25, -0.2) is 0 Å². The zero-order valence-corrected chi connectivity index (χ0v) is 21.2. The van der Waals surface area contributed by atoms with E-state index in [0.717, 1.165) is 12.0 Å². The molecule has 0 amide bonds. The molecule has 2 N–H and O–H groups in total. The summed E-state index contributed by atoms with van der Waals surface area (Å²) >= 11 is 0. The third kappa shape index (κ3) is 19.0. The second kappa shape index (κ2) is 22.3. The van der Waals surface area contributed by atoms with Gasteiger partial charge in [-0.15, -0.1) is 0 Å². The molecule has 6 heteroatoms. The van der Waals surface area contributed by atoms with Crippen molar-refractivity contribution in [1.29, 1.82) is 0 Å². The maximum Gasteiger partial charge on any atom is 0.327 e. The normalized spacial score (nSPS) is 12.5. The van der Waals surface area contributed by atoms with E-state index in [9.17, 15) is 0 Å².